The van der Waals surface area contributed by atoms with Gasteiger partial charge < -0.3 is 9.13 Å². The van der Waals surface area contributed by atoms with Gasteiger partial charge in [-0.1, -0.05) is 134 Å². The van der Waals surface area contributed by atoms with Crippen molar-refractivity contribution in [2.24, 2.45) is 0 Å². The summed E-state index contributed by atoms with van der Waals surface area (Å²) >= 11 is 0. The van der Waals surface area contributed by atoms with Crippen molar-refractivity contribution in [3.05, 3.63) is 193 Å². The monoisotopic (exact) mass is 690 g/mol. The Morgan fingerprint density at radius 3 is 1.83 bits per heavy atom. The van der Waals surface area contributed by atoms with Gasteiger partial charge in [-0.05, 0) is 113 Å². The highest BCUT2D eigenvalue weighted by Crippen LogP contribution is 2.44. The normalized spacial score (nSPS) is 14.4. The highest BCUT2D eigenvalue weighted by atomic mass is 15.0. The number of aromatic nitrogens is 2. The summed E-state index contributed by atoms with van der Waals surface area (Å²) in [6, 6.07) is 54.1. The van der Waals surface area contributed by atoms with Crippen molar-refractivity contribution in [1.29, 1.82) is 0 Å². The van der Waals surface area contributed by atoms with E-state index >= 15 is 0 Å². The number of para-hydroxylation sites is 2. The van der Waals surface area contributed by atoms with E-state index in [1.807, 2.05) is 0 Å². The first kappa shape index (κ1) is 30.9. The lowest BCUT2D eigenvalue weighted by atomic mass is 9.92. The molecule has 2 nitrogen and oxygen atoms in total. The van der Waals surface area contributed by atoms with Crippen LogP contribution < -0.4 is 0 Å². The van der Waals surface area contributed by atoms with Crippen LogP contribution in [0.5, 0.6) is 0 Å². The van der Waals surface area contributed by atoms with Crippen molar-refractivity contribution < 1.29 is 0 Å². The van der Waals surface area contributed by atoms with E-state index in [9.17, 15) is 0 Å². The molecule has 0 saturated carbocycles. The Morgan fingerprint density at radius 1 is 0.444 bits per heavy atom. The molecule has 0 saturated heterocycles. The first-order chi connectivity index (χ1) is 26.8. The maximum absolute atomic E-state index is 2.51. The second-order valence-electron chi connectivity index (χ2n) is 14.7. The molecule has 7 aromatic carbocycles. The van der Waals surface area contributed by atoms with E-state index in [-0.39, 0.29) is 0 Å². The number of hydrogen-bond donors (Lipinski definition) is 0. The third-order valence-corrected chi connectivity index (χ3v) is 11.6. The van der Waals surface area contributed by atoms with Gasteiger partial charge >= 0.3 is 0 Å². The summed E-state index contributed by atoms with van der Waals surface area (Å²) in [7, 11) is 0. The van der Waals surface area contributed by atoms with E-state index in [1.165, 1.54) is 99.2 Å². The molecule has 256 valence electrons. The zero-order chi connectivity index (χ0) is 35.6. The predicted octanol–water partition coefficient (Wildman–Crippen LogP) is 14.2. The van der Waals surface area contributed by atoms with Gasteiger partial charge in [0.1, 0.15) is 0 Å². The summed E-state index contributed by atoms with van der Waals surface area (Å²) < 4.78 is 5.01. The Morgan fingerprint density at radius 2 is 1.11 bits per heavy atom. The molecular weight excluding hydrogens is 653 g/mol. The molecular formula is C52H38N2. The molecule has 2 heterocycles. The second-order valence-corrected chi connectivity index (χ2v) is 14.7. The second kappa shape index (κ2) is 12.5. The van der Waals surface area contributed by atoms with Crippen molar-refractivity contribution in [3.8, 4) is 22.5 Å². The fourth-order valence-corrected chi connectivity index (χ4v) is 9.17. The maximum Gasteiger partial charge on any atom is 0.0549 e. The Labute approximate surface area is 314 Å². The van der Waals surface area contributed by atoms with Gasteiger partial charge in [-0.2, -0.15) is 0 Å². The lowest BCUT2D eigenvalue weighted by molar-refractivity contribution is 1.04. The highest BCUT2D eigenvalue weighted by Gasteiger charge is 2.22. The molecule has 0 atom stereocenters. The molecule has 0 aliphatic heterocycles. The van der Waals surface area contributed by atoms with Gasteiger partial charge in [0.25, 0.3) is 0 Å². The van der Waals surface area contributed by atoms with Gasteiger partial charge in [0.05, 0.1) is 27.8 Å². The van der Waals surface area contributed by atoms with Gasteiger partial charge in [-0.15, -0.1) is 0 Å². The molecule has 0 radical (unpaired) electrons. The molecule has 54 heavy (non-hydrogen) atoms. The smallest absolute Gasteiger partial charge is 0.0549 e. The molecule has 0 bridgehead atoms. The van der Waals surface area contributed by atoms with E-state index in [4.69, 9.17) is 0 Å². The molecule has 2 heteroatoms. The van der Waals surface area contributed by atoms with Crippen LogP contribution in [0.2, 0.25) is 0 Å². The quantitative estimate of drug-likeness (QED) is 0.170. The van der Waals surface area contributed by atoms with Crippen molar-refractivity contribution in [3.63, 3.8) is 0 Å². The Bertz CT molecular complexity index is 3090. The SMILES string of the molecule is C1=CCCC(c2cc(C3=CCCC=C3)cc(-n3c4ccccc4c4c5c6ccccc6n(-c6ccc(-c7ccccc7)c7ccccc67)c5ccc43)c2)=C1. The molecule has 0 spiro atoms. The van der Waals surface area contributed by atoms with Crippen LogP contribution in [0, 0.1) is 0 Å². The van der Waals surface area contributed by atoms with Crippen molar-refractivity contribution in [1.82, 2.24) is 9.13 Å². The molecule has 9 aromatic rings. The molecule has 11 rings (SSSR count). The third-order valence-electron chi connectivity index (χ3n) is 11.6. The van der Waals surface area contributed by atoms with Gasteiger partial charge in [0.2, 0.25) is 0 Å². The number of nitrogens with zero attached hydrogens (tertiary/aromatic N) is 2. The van der Waals surface area contributed by atoms with Crippen LogP contribution in [0.1, 0.15) is 36.8 Å². The van der Waals surface area contributed by atoms with Gasteiger partial charge in [-0.25, -0.2) is 0 Å². The van der Waals surface area contributed by atoms with Crippen molar-refractivity contribution in [2.45, 2.75) is 25.7 Å². The minimum Gasteiger partial charge on any atom is -0.309 e. The molecule has 2 aliphatic rings. The number of hydrogen-bond acceptors (Lipinski definition) is 0. The van der Waals surface area contributed by atoms with Crippen LogP contribution in [0.25, 0.3) is 88.0 Å². The largest absolute Gasteiger partial charge is 0.309 e. The molecule has 0 N–H and O–H groups in total. The first-order valence-corrected chi connectivity index (χ1v) is 19.2. The standard InChI is InChI=1S/C52H38N2/c1-4-16-35(17-5-1)38-32-39(36-18-6-2-7-19-36)34-40(33-38)53-46-26-14-12-24-44(46)51-49(53)30-31-50-52(51)45-25-13-15-27-47(45)54(50)48-29-28-41(37-20-8-3-9-21-37)42-22-10-11-23-43(42)48/h1,3-4,6,8-16,18-34H,2,5,7,17H2. The molecule has 0 amide bonds. The van der Waals surface area contributed by atoms with Crippen molar-refractivity contribution >= 4 is 65.5 Å². The summed E-state index contributed by atoms with van der Waals surface area (Å²) in [5, 5.41) is 7.63. The third kappa shape index (κ3) is 4.80. The van der Waals surface area contributed by atoms with E-state index in [0.29, 0.717) is 0 Å². The van der Waals surface area contributed by atoms with E-state index in [0.717, 1.165) is 25.7 Å². The van der Waals surface area contributed by atoms with Crippen LogP contribution in [0.4, 0.5) is 0 Å². The van der Waals surface area contributed by atoms with Crippen LogP contribution in [0.3, 0.4) is 0 Å². The Hall–Kier alpha value is -6.64. The molecule has 0 unspecified atom stereocenters. The molecule has 2 aromatic heterocycles. The number of rotatable bonds is 5. The van der Waals surface area contributed by atoms with E-state index < -0.39 is 0 Å². The lowest BCUT2D eigenvalue weighted by Crippen LogP contribution is -1.99. The van der Waals surface area contributed by atoms with Crippen LogP contribution in [0.15, 0.2) is 182 Å². The zero-order valence-electron chi connectivity index (χ0n) is 30.0. The minimum atomic E-state index is 1.06. The average molecular weight is 691 g/mol. The topological polar surface area (TPSA) is 9.86 Å². The van der Waals surface area contributed by atoms with Gasteiger partial charge in [0.15, 0.2) is 0 Å². The summed E-state index contributed by atoms with van der Waals surface area (Å²) in [5.74, 6) is 0. The fourth-order valence-electron chi connectivity index (χ4n) is 9.17. The summed E-state index contributed by atoms with van der Waals surface area (Å²) in [4.78, 5) is 0. The van der Waals surface area contributed by atoms with Gasteiger partial charge in [-0.3, -0.25) is 0 Å². The molecule has 2 aliphatic carbocycles. The maximum atomic E-state index is 2.51. The number of allylic oxidation sites excluding steroid dienone is 8. The van der Waals surface area contributed by atoms with Gasteiger partial charge in [0, 0.05) is 32.6 Å². The van der Waals surface area contributed by atoms with Crippen LogP contribution in [-0.4, -0.2) is 9.13 Å². The number of fused-ring (bicyclic) bond motifs is 8. The summed E-state index contributed by atoms with van der Waals surface area (Å²) in [5.41, 5.74) is 15.1. The van der Waals surface area contributed by atoms with Crippen molar-refractivity contribution in [2.75, 3.05) is 0 Å². The highest BCUT2D eigenvalue weighted by molar-refractivity contribution is 6.29. The summed E-state index contributed by atoms with van der Waals surface area (Å²) in [6.07, 6.45) is 18.1. The zero-order valence-corrected chi connectivity index (χ0v) is 30.0. The average Bonchev–Trinajstić information content (AvgIpc) is 3.77. The van der Waals surface area contributed by atoms with Crippen LogP contribution in [-0.2, 0) is 0 Å². The Kier molecular flexibility index (Phi) is 7.16. The number of benzene rings is 7. The fraction of sp³-hybridized carbons (Fsp3) is 0.0769. The van der Waals surface area contributed by atoms with Crippen LogP contribution >= 0.6 is 0 Å². The first-order valence-electron chi connectivity index (χ1n) is 19.2. The van der Waals surface area contributed by atoms with E-state index in [2.05, 4.69) is 191 Å². The Balaban J connectivity index is 1.21. The predicted molar refractivity (Wildman–Crippen MR) is 231 cm³/mol. The summed E-state index contributed by atoms with van der Waals surface area (Å²) in [6.45, 7) is 0. The minimum absolute atomic E-state index is 1.06. The van der Waals surface area contributed by atoms with E-state index in [1.54, 1.807) is 0 Å². The lowest BCUT2D eigenvalue weighted by Gasteiger charge is -2.17. The molecule has 0 fully saturated rings.